The lowest BCUT2D eigenvalue weighted by molar-refractivity contribution is 0.0991. The van der Waals surface area contributed by atoms with Gasteiger partial charge < -0.3 is 0 Å². The zero-order valence-corrected chi connectivity index (χ0v) is 10.0. The molecule has 0 aliphatic rings. The van der Waals surface area contributed by atoms with Crippen LogP contribution in [-0.2, 0) is 6.42 Å². The summed E-state index contributed by atoms with van der Waals surface area (Å²) in [4.78, 5) is 20.2. The number of rotatable bonds is 3. The lowest BCUT2D eigenvalue weighted by atomic mass is 10.1. The van der Waals surface area contributed by atoms with E-state index in [2.05, 4.69) is 9.97 Å². The van der Waals surface area contributed by atoms with Crippen LogP contribution in [0.4, 0.5) is 0 Å². The second-order valence-corrected chi connectivity index (χ2v) is 4.77. The maximum Gasteiger partial charge on any atom is 0.170 e. The zero-order valence-electron chi connectivity index (χ0n) is 9.23. The third kappa shape index (κ3) is 2.52. The summed E-state index contributed by atoms with van der Waals surface area (Å²) < 4.78 is 0. The van der Waals surface area contributed by atoms with Crippen molar-refractivity contribution in [2.75, 3.05) is 0 Å². The molecule has 0 N–H and O–H groups in total. The number of carbonyl (C=O) groups is 1. The van der Waals surface area contributed by atoms with Gasteiger partial charge in [0, 0.05) is 23.3 Å². The largest absolute Gasteiger partial charge is 0.294 e. The number of hydrogen-bond donors (Lipinski definition) is 0. The van der Waals surface area contributed by atoms with Crippen molar-refractivity contribution in [2.24, 2.45) is 0 Å². The third-order valence-electron chi connectivity index (χ3n) is 2.21. The molecule has 0 unspecified atom stereocenters. The van der Waals surface area contributed by atoms with Crippen molar-refractivity contribution in [1.82, 2.24) is 9.97 Å². The number of nitrogens with zero attached hydrogens (tertiary/aromatic N) is 2. The molecule has 0 radical (unpaired) electrons. The molecule has 0 amide bonds. The molecule has 0 aliphatic heterocycles. The molecule has 0 saturated heterocycles. The first-order valence-corrected chi connectivity index (χ1v) is 5.89. The van der Waals surface area contributed by atoms with Crippen molar-refractivity contribution in [2.45, 2.75) is 20.3 Å². The highest BCUT2D eigenvalue weighted by atomic mass is 32.1. The molecule has 2 aromatic heterocycles. The first-order valence-electron chi connectivity index (χ1n) is 5.01. The summed E-state index contributed by atoms with van der Waals surface area (Å²) >= 11 is 1.57. The van der Waals surface area contributed by atoms with Crippen molar-refractivity contribution in [3.63, 3.8) is 0 Å². The highest BCUT2D eigenvalue weighted by Crippen LogP contribution is 2.11. The van der Waals surface area contributed by atoms with E-state index in [0.29, 0.717) is 12.0 Å². The Morgan fingerprint density at radius 3 is 2.81 bits per heavy atom. The van der Waals surface area contributed by atoms with Crippen molar-refractivity contribution in [3.8, 4) is 0 Å². The molecule has 2 aromatic rings. The number of thiazole rings is 1. The predicted molar refractivity (Wildman–Crippen MR) is 63.9 cm³/mol. The van der Waals surface area contributed by atoms with Gasteiger partial charge >= 0.3 is 0 Å². The van der Waals surface area contributed by atoms with E-state index in [4.69, 9.17) is 0 Å². The molecule has 0 aromatic carbocycles. The molecule has 82 valence electrons. The first-order chi connectivity index (χ1) is 7.65. The second kappa shape index (κ2) is 4.53. The summed E-state index contributed by atoms with van der Waals surface area (Å²) in [6.45, 7) is 3.86. The second-order valence-electron chi connectivity index (χ2n) is 3.71. The van der Waals surface area contributed by atoms with E-state index in [-0.39, 0.29) is 5.78 Å². The Balaban J connectivity index is 2.14. The number of pyridine rings is 1. The fraction of sp³-hybridized carbons (Fsp3) is 0.250. The Bertz CT molecular complexity index is 519. The van der Waals surface area contributed by atoms with E-state index in [9.17, 15) is 4.79 Å². The molecular weight excluding hydrogens is 220 g/mol. The van der Waals surface area contributed by atoms with Crippen molar-refractivity contribution in [3.05, 3.63) is 45.7 Å². The topological polar surface area (TPSA) is 42.9 Å². The maximum absolute atomic E-state index is 11.9. The smallest absolute Gasteiger partial charge is 0.170 e. The minimum atomic E-state index is 0.0708. The molecule has 0 spiro atoms. The van der Waals surface area contributed by atoms with Gasteiger partial charge in [-0.1, -0.05) is 0 Å². The summed E-state index contributed by atoms with van der Waals surface area (Å²) in [6, 6.07) is 1.86. The summed E-state index contributed by atoms with van der Waals surface area (Å²) in [5, 5.41) is 2.92. The molecule has 2 heterocycles. The molecule has 4 heteroatoms. The third-order valence-corrected chi connectivity index (χ3v) is 3.03. The fourth-order valence-corrected chi connectivity index (χ4v) is 2.08. The number of aromatic nitrogens is 2. The zero-order chi connectivity index (χ0) is 11.5. The van der Waals surface area contributed by atoms with E-state index in [1.54, 1.807) is 23.7 Å². The van der Waals surface area contributed by atoms with Crippen LogP contribution < -0.4 is 0 Å². The number of hydrogen-bond acceptors (Lipinski definition) is 4. The highest BCUT2D eigenvalue weighted by molar-refractivity contribution is 7.09. The van der Waals surface area contributed by atoms with Gasteiger partial charge in [-0.05, 0) is 25.5 Å². The molecule has 0 saturated carbocycles. The van der Waals surface area contributed by atoms with Crippen LogP contribution >= 0.6 is 11.3 Å². The van der Waals surface area contributed by atoms with Gasteiger partial charge in [0.1, 0.15) is 0 Å². The van der Waals surface area contributed by atoms with Crippen LogP contribution in [-0.4, -0.2) is 15.8 Å². The number of aryl methyl sites for hydroxylation is 2. The Kier molecular flexibility index (Phi) is 3.10. The summed E-state index contributed by atoms with van der Waals surface area (Å²) in [6.07, 6.45) is 3.70. The normalized spacial score (nSPS) is 10.4. The van der Waals surface area contributed by atoms with Crippen molar-refractivity contribution in [1.29, 1.82) is 0 Å². The average molecular weight is 232 g/mol. The average Bonchev–Trinajstić information content (AvgIpc) is 2.64. The van der Waals surface area contributed by atoms with Crippen molar-refractivity contribution < 1.29 is 4.79 Å². The van der Waals surface area contributed by atoms with Gasteiger partial charge in [-0.15, -0.1) is 11.3 Å². The van der Waals surface area contributed by atoms with Gasteiger partial charge in [0.05, 0.1) is 17.1 Å². The molecule has 3 nitrogen and oxygen atoms in total. The Morgan fingerprint density at radius 1 is 1.38 bits per heavy atom. The lowest BCUT2D eigenvalue weighted by Gasteiger charge is -1.99. The number of Topliss-reactive ketones (excluding diaryl/α,β-unsaturated/α-hetero) is 1. The minimum absolute atomic E-state index is 0.0708. The molecule has 2 rings (SSSR count). The molecule has 16 heavy (non-hydrogen) atoms. The van der Waals surface area contributed by atoms with E-state index in [1.165, 1.54) is 0 Å². The SMILES string of the molecule is Cc1cncc(C(=O)Cc2csc(C)n2)c1. The quantitative estimate of drug-likeness (QED) is 0.764. The van der Waals surface area contributed by atoms with E-state index in [1.807, 2.05) is 25.3 Å². The van der Waals surface area contributed by atoms with Gasteiger partial charge in [0.25, 0.3) is 0 Å². The van der Waals surface area contributed by atoms with Crippen LogP contribution in [0.1, 0.15) is 26.6 Å². The van der Waals surface area contributed by atoms with E-state index >= 15 is 0 Å². The van der Waals surface area contributed by atoms with Gasteiger partial charge in [-0.3, -0.25) is 9.78 Å². The van der Waals surface area contributed by atoms with E-state index < -0.39 is 0 Å². The molecule has 0 fully saturated rings. The first kappa shape index (κ1) is 11.0. The van der Waals surface area contributed by atoms with Crippen LogP contribution in [0.25, 0.3) is 0 Å². The monoisotopic (exact) mass is 232 g/mol. The summed E-state index contributed by atoms with van der Waals surface area (Å²) in [5.41, 5.74) is 2.50. The molecule has 0 atom stereocenters. The predicted octanol–water partition coefficient (Wildman–Crippen LogP) is 2.58. The van der Waals surface area contributed by atoms with Crippen LogP contribution in [0, 0.1) is 13.8 Å². The molecule has 0 bridgehead atoms. The van der Waals surface area contributed by atoms with Crippen LogP contribution in [0.3, 0.4) is 0 Å². The summed E-state index contributed by atoms with van der Waals surface area (Å²) in [5.74, 6) is 0.0708. The molecular formula is C12H12N2OS. The Morgan fingerprint density at radius 2 is 2.19 bits per heavy atom. The lowest BCUT2D eigenvalue weighted by Crippen LogP contribution is -2.04. The number of ketones is 1. The van der Waals surface area contributed by atoms with Crippen LogP contribution in [0.15, 0.2) is 23.8 Å². The standard InChI is InChI=1S/C12H12N2OS/c1-8-3-10(6-13-5-8)12(15)4-11-7-16-9(2)14-11/h3,5-7H,4H2,1-2H3. The summed E-state index contributed by atoms with van der Waals surface area (Å²) in [7, 11) is 0. The Labute approximate surface area is 98.2 Å². The highest BCUT2D eigenvalue weighted by Gasteiger charge is 2.09. The van der Waals surface area contributed by atoms with Crippen molar-refractivity contribution >= 4 is 17.1 Å². The van der Waals surface area contributed by atoms with Crippen LogP contribution in [0.5, 0.6) is 0 Å². The Hall–Kier alpha value is -1.55. The van der Waals surface area contributed by atoms with Gasteiger partial charge in [-0.25, -0.2) is 4.98 Å². The van der Waals surface area contributed by atoms with Crippen LogP contribution in [0.2, 0.25) is 0 Å². The number of carbonyl (C=O) groups excluding carboxylic acids is 1. The van der Waals surface area contributed by atoms with Gasteiger partial charge in [0.2, 0.25) is 0 Å². The van der Waals surface area contributed by atoms with Gasteiger partial charge in [-0.2, -0.15) is 0 Å². The van der Waals surface area contributed by atoms with E-state index in [0.717, 1.165) is 16.3 Å². The maximum atomic E-state index is 11.9. The minimum Gasteiger partial charge on any atom is -0.294 e. The molecule has 0 aliphatic carbocycles. The fourth-order valence-electron chi connectivity index (χ4n) is 1.46. The van der Waals surface area contributed by atoms with Gasteiger partial charge in [0.15, 0.2) is 5.78 Å².